The van der Waals surface area contributed by atoms with Crippen molar-refractivity contribution in [1.29, 1.82) is 0 Å². The predicted octanol–water partition coefficient (Wildman–Crippen LogP) is 5.02. The Balaban J connectivity index is 2.34. The van der Waals surface area contributed by atoms with Gasteiger partial charge in [0.25, 0.3) is 0 Å². The maximum atomic E-state index is 4.09. The summed E-state index contributed by atoms with van der Waals surface area (Å²) in [4.78, 5) is 0. The Bertz CT molecular complexity index is 567. The van der Waals surface area contributed by atoms with Crippen LogP contribution in [0.25, 0.3) is 5.57 Å². The minimum absolute atomic E-state index is 0.967. The molecule has 2 rings (SSSR count). The lowest BCUT2D eigenvalue weighted by Crippen LogP contribution is -1.95. The first kappa shape index (κ1) is 12.2. The summed E-state index contributed by atoms with van der Waals surface area (Å²) in [6.45, 7) is 10.0. The second-order valence-electron chi connectivity index (χ2n) is 4.30. The number of allylic oxidation sites excluding steroid dienone is 2. The summed E-state index contributed by atoms with van der Waals surface area (Å²) < 4.78 is 0. The number of hydrogen-bond acceptors (Lipinski definition) is 1. The van der Waals surface area contributed by atoms with Gasteiger partial charge >= 0.3 is 0 Å². The zero-order valence-corrected chi connectivity index (χ0v) is 10.6. The van der Waals surface area contributed by atoms with Crippen molar-refractivity contribution in [3.63, 3.8) is 0 Å². The van der Waals surface area contributed by atoms with Crippen LogP contribution >= 0.6 is 0 Å². The minimum atomic E-state index is 0.967. The highest BCUT2D eigenvalue weighted by atomic mass is 14.9. The van der Waals surface area contributed by atoms with E-state index in [4.69, 9.17) is 0 Å². The lowest BCUT2D eigenvalue weighted by atomic mass is 10.00. The van der Waals surface area contributed by atoms with E-state index in [-0.39, 0.29) is 0 Å². The van der Waals surface area contributed by atoms with Gasteiger partial charge in [-0.3, -0.25) is 0 Å². The van der Waals surface area contributed by atoms with Gasteiger partial charge in [-0.15, -0.1) is 0 Å². The molecule has 0 spiro atoms. The van der Waals surface area contributed by atoms with Gasteiger partial charge in [0.05, 0.1) is 0 Å². The Labute approximate surface area is 108 Å². The molecule has 0 aliphatic carbocycles. The second kappa shape index (κ2) is 5.37. The summed E-state index contributed by atoms with van der Waals surface area (Å²) in [6.07, 6.45) is 0. The van der Waals surface area contributed by atoms with Crippen molar-refractivity contribution in [2.75, 3.05) is 5.32 Å². The first-order valence-corrected chi connectivity index (χ1v) is 5.95. The fourth-order valence-corrected chi connectivity index (χ4v) is 1.76. The van der Waals surface area contributed by atoms with E-state index < -0.39 is 0 Å². The number of nitrogens with one attached hydrogen (secondary N) is 1. The maximum Gasteiger partial charge on any atom is 0.0463 e. The molecular weight excluding hydrogens is 218 g/mol. The third-order valence-electron chi connectivity index (χ3n) is 2.82. The molecule has 0 aliphatic heterocycles. The monoisotopic (exact) mass is 235 g/mol. The van der Waals surface area contributed by atoms with E-state index in [9.17, 15) is 0 Å². The first-order valence-electron chi connectivity index (χ1n) is 5.95. The van der Waals surface area contributed by atoms with Crippen LogP contribution in [0, 0.1) is 0 Å². The van der Waals surface area contributed by atoms with Crippen LogP contribution in [0.2, 0.25) is 0 Å². The average Bonchev–Trinajstić information content (AvgIpc) is 2.39. The molecule has 0 aromatic heterocycles. The SMILES string of the molecule is C=C(C)C(=C)c1ccccc1Nc1ccccc1. The number of hydrogen-bond donors (Lipinski definition) is 1. The molecule has 0 radical (unpaired) electrons. The quantitative estimate of drug-likeness (QED) is 0.734. The van der Waals surface area contributed by atoms with E-state index in [1.54, 1.807) is 0 Å². The van der Waals surface area contributed by atoms with Crippen LogP contribution in [0.1, 0.15) is 12.5 Å². The lowest BCUT2D eigenvalue weighted by Gasteiger charge is -2.13. The summed E-state index contributed by atoms with van der Waals surface area (Å²) in [5.74, 6) is 0. The molecule has 18 heavy (non-hydrogen) atoms. The number of anilines is 2. The molecule has 0 aliphatic rings. The van der Waals surface area contributed by atoms with Gasteiger partial charge in [0.2, 0.25) is 0 Å². The van der Waals surface area contributed by atoms with Gasteiger partial charge in [-0.1, -0.05) is 55.1 Å². The Morgan fingerprint density at radius 2 is 1.50 bits per heavy atom. The van der Waals surface area contributed by atoms with Crippen molar-refractivity contribution < 1.29 is 0 Å². The zero-order chi connectivity index (χ0) is 13.0. The van der Waals surface area contributed by atoms with E-state index >= 15 is 0 Å². The van der Waals surface area contributed by atoms with Gasteiger partial charge in [0.15, 0.2) is 0 Å². The largest absolute Gasteiger partial charge is 0.355 e. The molecule has 0 unspecified atom stereocenters. The maximum absolute atomic E-state index is 4.09. The molecule has 0 saturated heterocycles. The van der Waals surface area contributed by atoms with Crippen molar-refractivity contribution >= 4 is 16.9 Å². The van der Waals surface area contributed by atoms with Gasteiger partial charge in [-0.05, 0) is 30.7 Å². The fraction of sp³-hybridized carbons (Fsp3) is 0.0588. The number of benzene rings is 2. The van der Waals surface area contributed by atoms with Gasteiger partial charge in [-0.25, -0.2) is 0 Å². The number of rotatable bonds is 4. The van der Waals surface area contributed by atoms with Gasteiger partial charge in [0.1, 0.15) is 0 Å². The molecule has 0 fully saturated rings. The van der Waals surface area contributed by atoms with Crippen molar-refractivity contribution in [2.24, 2.45) is 0 Å². The molecule has 2 aromatic rings. The Kier molecular flexibility index (Phi) is 3.63. The Hall–Kier alpha value is -2.28. The third kappa shape index (κ3) is 2.69. The Morgan fingerprint density at radius 3 is 2.17 bits per heavy atom. The van der Waals surface area contributed by atoms with Crippen LogP contribution in [0.5, 0.6) is 0 Å². The molecule has 1 N–H and O–H groups in total. The molecule has 1 nitrogen and oxygen atoms in total. The van der Waals surface area contributed by atoms with Crippen molar-refractivity contribution in [1.82, 2.24) is 0 Å². The highest BCUT2D eigenvalue weighted by molar-refractivity contribution is 5.85. The van der Waals surface area contributed by atoms with Crippen LogP contribution in [-0.4, -0.2) is 0 Å². The third-order valence-corrected chi connectivity index (χ3v) is 2.82. The zero-order valence-electron chi connectivity index (χ0n) is 10.6. The molecule has 0 atom stereocenters. The standard InChI is InChI=1S/C17H17N/c1-13(2)14(3)16-11-7-8-12-17(16)18-15-9-5-4-6-10-15/h4-12,18H,1,3H2,2H3. The van der Waals surface area contributed by atoms with Crippen LogP contribution in [0.3, 0.4) is 0 Å². The summed E-state index contributed by atoms with van der Waals surface area (Å²) in [6, 6.07) is 18.3. The second-order valence-corrected chi connectivity index (χ2v) is 4.30. The summed E-state index contributed by atoms with van der Waals surface area (Å²) in [7, 11) is 0. The normalized spacial score (nSPS) is 9.83. The highest BCUT2D eigenvalue weighted by Crippen LogP contribution is 2.29. The van der Waals surface area contributed by atoms with E-state index in [2.05, 4.69) is 30.6 Å². The van der Waals surface area contributed by atoms with Gasteiger partial charge in [0, 0.05) is 16.9 Å². The Morgan fingerprint density at radius 1 is 0.889 bits per heavy atom. The van der Waals surface area contributed by atoms with Crippen molar-refractivity contribution in [3.8, 4) is 0 Å². The van der Waals surface area contributed by atoms with E-state index in [0.29, 0.717) is 0 Å². The van der Waals surface area contributed by atoms with Crippen LogP contribution in [-0.2, 0) is 0 Å². The number of para-hydroxylation sites is 2. The summed E-state index contributed by atoms with van der Waals surface area (Å²) in [5.41, 5.74) is 5.16. The van der Waals surface area contributed by atoms with Crippen LogP contribution in [0.15, 0.2) is 73.3 Å². The fourth-order valence-electron chi connectivity index (χ4n) is 1.76. The van der Waals surface area contributed by atoms with E-state index in [1.807, 2.05) is 49.4 Å². The predicted molar refractivity (Wildman–Crippen MR) is 80.0 cm³/mol. The average molecular weight is 235 g/mol. The molecule has 1 heteroatoms. The summed E-state index contributed by atoms with van der Waals surface area (Å²) in [5, 5.41) is 3.41. The van der Waals surface area contributed by atoms with Crippen LogP contribution < -0.4 is 5.32 Å². The molecule has 0 heterocycles. The van der Waals surface area contributed by atoms with E-state index in [1.165, 1.54) is 0 Å². The lowest BCUT2D eigenvalue weighted by molar-refractivity contribution is 1.48. The van der Waals surface area contributed by atoms with Gasteiger partial charge < -0.3 is 5.32 Å². The molecule has 0 saturated carbocycles. The minimum Gasteiger partial charge on any atom is -0.355 e. The topological polar surface area (TPSA) is 12.0 Å². The summed E-state index contributed by atoms with van der Waals surface area (Å²) >= 11 is 0. The smallest absolute Gasteiger partial charge is 0.0463 e. The highest BCUT2D eigenvalue weighted by Gasteiger charge is 2.05. The molecular formula is C17H17N. The molecule has 0 amide bonds. The first-order chi connectivity index (χ1) is 8.68. The van der Waals surface area contributed by atoms with Crippen molar-refractivity contribution in [3.05, 3.63) is 78.9 Å². The molecule has 90 valence electrons. The van der Waals surface area contributed by atoms with Crippen LogP contribution in [0.4, 0.5) is 11.4 Å². The molecule has 2 aromatic carbocycles. The molecule has 0 bridgehead atoms. The van der Waals surface area contributed by atoms with E-state index in [0.717, 1.165) is 28.1 Å². The van der Waals surface area contributed by atoms with Crippen molar-refractivity contribution in [2.45, 2.75) is 6.92 Å². The van der Waals surface area contributed by atoms with Gasteiger partial charge in [-0.2, -0.15) is 0 Å².